The van der Waals surface area contributed by atoms with Crippen LogP contribution in [0.25, 0.3) is 0 Å². The van der Waals surface area contributed by atoms with E-state index >= 15 is 0 Å². The molecule has 1 heterocycles. The number of benzene rings is 1. The van der Waals surface area contributed by atoms with Crippen LogP contribution < -0.4 is 10.6 Å². The highest BCUT2D eigenvalue weighted by molar-refractivity contribution is 14.0. The van der Waals surface area contributed by atoms with Gasteiger partial charge in [0.1, 0.15) is 5.82 Å². The van der Waals surface area contributed by atoms with Crippen LogP contribution in [-0.2, 0) is 13.0 Å². The molecule has 0 fully saturated rings. The quantitative estimate of drug-likeness (QED) is 0.335. The average Bonchev–Trinajstić information content (AvgIpc) is 3.02. The first-order valence-corrected chi connectivity index (χ1v) is 8.61. The van der Waals surface area contributed by atoms with Gasteiger partial charge in [0.15, 0.2) is 5.96 Å². The van der Waals surface area contributed by atoms with E-state index in [4.69, 9.17) is 0 Å². The van der Waals surface area contributed by atoms with Crippen LogP contribution in [0.3, 0.4) is 0 Å². The predicted molar refractivity (Wildman–Crippen MR) is 112 cm³/mol. The second kappa shape index (κ2) is 11.8. The lowest BCUT2D eigenvalue weighted by atomic mass is 10.2. The maximum atomic E-state index is 12.2. The minimum atomic E-state index is -4.19. The van der Waals surface area contributed by atoms with Gasteiger partial charge in [-0.1, -0.05) is 30.3 Å². The Labute approximate surface area is 174 Å². The van der Waals surface area contributed by atoms with Crippen molar-refractivity contribution in [1.82, 2.24) is 20.2 Å². The predicted octanol–water partition coefficient (Wildman–Crippen LogP) is 3.60. The molecule has 27 heavy (non-hydrogen) atoms. The first-order valence-electron chi connectivity index (χ1n) is 8.61. The van der Waals surface area contributed by atoms with Crippen molar-refractivity contribution in [3.8, 4) is 0 Å². The van der Waals surface area contributed by atoms with Crippen LogP contribution in [0.5, 0.6) is 0 Å². The van der Waals surface area contributed by atoms with Crippen LogP contribution >= 0.6 is 24.0 Å². The molecule has 0 atom stereocenters. The molecular formula is C18H25F3IN5. The topological polar surface area (TPSA) is 54.2 Å². The first-order chi connectivity index (χ1) is 12.5. The molecule has 0 amide bonds. The van der Waals surface area contributed by atoms with Crippen LogP contribution in [0.2, 0.25) is 0 Å². The van der Waals surface area contributed by atoms with Crippen molar-refractivity contribution in [1.29, 1.82) is 0 Å². The van der Waals surface area contributed by atoms with E-state index in [0.29, 0.717) is 25.5 Å². The monoisotopic (exact) mass is 495 g/mol. The van der Waals surface area contributed by atoms with E-state index in [1.165, 1.54) is 5.56 Å². The van der Waals surface area contributed by atoms with Crippen molar-refractivity contribution in [2.75, 3.05) is 19.6 Å². The van der Waals surface area contributed by atoms with Gasteiger partial charge in [-0.05, 0) is 12.5 Å². The van der Waals surface area contributed by atoms with Gasteiger partial charge in [0.2, 0.25) is 0 Å². The zero-order chi connectivity index (χ0) is 18.8. The molecule has 2 aromatic rings. The van der Waals surface area contributed by atoms with E-state index < -0.39 is 12.6 Å². The molecule has 1 aromatic heterocycles. The normalized spacial score (nSPS) is 11.8. The Balaban J connectivity index is 0.00000364. The fourth-order valence-electron chi connectivity index (χ4n) is 2.42. The summed E-state index contributed by atoms with van der Waals surface area (Å²) in [4.78, 5) is 8.32. The summed E-state index contributed by atoms with van der Waals surface area (Å²) in [7, 11) is 0. The third-order valence-electron chi connectivity index (χ3n) is 3.65. The number of aromatic nitrogens is 2. The molecule has 0 aliphatic heterocycles. The van der Waals surface area contributed by atoms with Gasteiger partial charge >= 0.3 is 6.18 Å². The zero-order valence-corrected chi connectivity index (χ0v) is 17.5. The second-order valence-electron chi connectivity index (χ2n) is 5.76. The summed E-state index contributed by atoms with van der Waals surface area (Å²) in [5.74, 6) is 1.30. The highest BCUT2D eigenvalue weighted by atomic mass is 127. The average molecular weight is 495 g/mol. The van der Waals surface area contributed by atoms with Gasteiger partial charge in [0.05, 0.1) is 13.0 Å². The Morgan fingerprint density at radius 3 is 2.59 bits per heavy atom. The number of guanidine groups is 1. The minimum absolute atomic E-state index is 0. The molecule has 1 aromatic carbocycles. The summed E-state index contributed by atoms with van der Waals surface area (Å²) in [6.45, 7) is 3.43. The van der Waals surface area contributed by atoms with Gasteiger partial charge in [0, 0.05) is 38.4 Å². The van der Waals surface area contributed by atoms with Gasteiger partial charge in [0.25, 0.3) is 0 Å². The Bertz CT molecular complexity index is 686. The molecule has 9 heteroatoms. The number of hydrogen-bond acceptors (Lipinski definition) is 2. The van der Waals surface area contributed by atoms with Crippen LogP contribution in [0, 0.1) is 0 Å². The maximum Gasteiger partial charge on any atom is 0.390 e. The molecule has 0 radical (unpaired) electrons. The highest BCUT2D eigenvalue weighted by Crippen LogP contribution is 2.18. The smallest absolute Gasteiger partial charge is 0.357 e. The molecule has 150 valence electrons. The third kappa shape index (κ3) is 9.12. The Morgan fingerprint density at radius 2 is 1.93 bits per heavy atom. The molecule has 0 bridgehead atoms. The number of aliphatic imine (C=N–C) groups is 1. The standard InChI is InChI=1S/C18H24F3N5.HI/c1-2-22-17(25-11-9-18(19,20)21)24-10-8-16-23-12-13-26(16)14-15-6-4-3-5-7-15;/h3-7,12-13H,2,8-11,14H2,1H3,(H2,22,24,25);1H. The summed E-state index contributed by atoms with van der Waals surface area (Å²) in [5, 5.41) is 6.00. The Hall–Kier alpha value is -1.78. The van der Waals surface area contributed by atoms with Crippen molar-refractivity contribution in [2.24, 2.45) is 4.99 Å². The number of hydrogen-bond donors (Lipinski definition) is 2. The minimum Gasteiger partial charge on any atom is -0.357 e. The fraction of sp³-hybridized carbons (Fsp3) is 0.444. The lowest BCUT2D eigenvalue weighted by Gasteiger charge is -2.12. The molecule has 0 aliphatic rings. The molecule has 2 N–H and O–H groups in total. The van der Waals surface area contributed by atoms with Crippen molar-refractivity contribution in [3.63, 3.8) is 0 Å². The number of alkyl halides is 3. The summed E-state index contributed by atoms with van der Waals surface area (Å²) in [6.07, 6.45) is -0.802. The summed E-state index contributed by atoms with van der Waals surface area (Å²) in [5.41, 5.74) is 1.18. The molecule has 0 saturated carbocycles. The maximum absolute atomic E-state index is 12.2. The van der Waals surface area contributed by atoms with Gasteiger partial charge < -0.3 is 15.2 Å². The molecule has 5 nitrogen and oxygen atoms in total. The van der Waals surface area contributed by atoms with Gasteiger partial charge in [-0.2, -0.15) is 13.2 Å². The molecular weight excluding hydrogens is 470 g/mol. The number of imidazole rings is 1. The second-order valence-corrected chi connectivity index (χ2v) is 5.76. The lowest BCUT2D eigenvalue weighted by molar-refractivity contribution is -0.132. The van der Waals surface area contributed by atoms with Gasteiger partial charge in [-0.15, -0.1) is 24.0 Å². The van der Waals surface area contributed by atoms with Crippen molar-refractivity contribution in [3.05, 3.63) is 54.1 Å². The number of halogens is 4. The van der Waals surface area contributed by atoms with E-state index in [0.717, 1.165) is 12.4 Å². The molecule has 0 aliphatic carbocycles. The van der Waals surface area contributed by atoms with E-state index in [9.17, 15) is 13.2 Å². The van der Waals surface area contributed by atoms with Crippen molar-refractivity contribution >= 4 is 29.9 Å². The fourth-order valence-corrected chi connectivity index (χ4v) is 2.42. The Kier molecular flexibility index (Phi) is 10.2. The highest BCUT2D eigenvalue weighted by Gasteiger charge is 2.26. The van der Waals surface area contributed by atoms with Crippen LogP contribution in [0.4, 0.5) is 13.2 Å². The van der Waals surface area contributed by atoms with E-state index in [2.05, 4.69) is 37.3 Å². The zero-order valence-electron chi connectivity index (χ0n) is 15.2. The third-order valence-corrected chi connectivity index (χ3v) is 3.65. The number of nitrogens with zero attached hydrogens (tertiary/aromatic N) is 3. The van der Waals surface area contributed by atoms with Crippen LogP contribution in [-0.4, -0.2) is 41.3 Å². The van der Waals surface area contributed by atoms with E-state index in [-0.39, 0.29) is 30.5 Å². The largest absolute Gasteiger partial charge is 0.390 e. The lowest BCUT2D eigenvalue weighted by Crippen LogP contribution is -2.38. The van der Waals surface area contributed by atoms with Crippen LogP contribution in [0.1, 0.15) is 24.7 Å². The van der Waals surface area contributed by atoms with Crippen LogP contribution in [0.15, 0.2) is 47.7 Å². The van der Waals surface area contributed by atoms with E-state index in [1.54, 1.807) is 6.20 Å². The summed E-state index contributed by atoms with van der Waals surface area (Å²) in [6, 6.07) is 10.1. The molecule has 2 rings (SSSR count). The van der Waals surface area contributed by atoms with E-state index in [1.807, 2.05) is 31.3 Å². The molecule has 0 saturated heterocycles. The summed E-state index contributed by atoms with van der Waals surface area (Å²) < 4.78 is 38.8. The summed E-state index contributed by atoms with van der Waals surface area (Å²) >= 11 is 0. The Morgan fingerprint density at radius 1 is 1.19 bits per heavy atom. The van der Waals surface area contributed by atoms with Gasteiger partial charge in [-0.25, -0.2) is 4.98 Å². The van der Waals surface area contributed by atoms with Crippen molar-refractivity contribution < 1.29 is 13.2 Å². The van der Waals surface area contributed by atoms with Crippen molar-refractivity contribution in [2.45, 2.75) is 32.5 Å². The first kappa shape index (κ1) is 23.3. The van der Waals surface area contributed by atoms with Gasteiger partial charge in [-0.3, -0.25) is 4.99 Å². The molecule has 0 unspecified atom stereocenters. The number of rotatable bonds is 8. The SMILES string of the molecule is CCNC(=NCCC(F)(F)F)NCCc1nccn1Cc1ccccc1.I. The molecule has 0 spiro atoms. The number of nitrogens with one attached hydrogen (secondary N) is 2.